The number of carbonyl (C=O) groups excluding carboxylic acids is 1. The molecular weight excluding hydrogens is 396 g/mol. The van der Waals surface area contributed by atoms with Crippen LogP contribution in [0.15, 0.2) is 48.5 Å². The van der Waals surface area contributed by atoms with Gasteiger partial charge in [-0.1, -0.05) is 35.9 Å². The number of hydrogen-bond donors (Lipinski definition) is 0. The third-order valence-corrected chi connectivity index (χ3v) is 5.95. The minimum atomic E-state index is 0.189. The van der Waals surface area contributed by atoms with E-state index in [1.165, 1.54) is 0 Å². The Kier molecular flexibility index (Phi) is 6.18. The second kappa shape index (κ2) is 9.00. The molecule has 0 saturated carbocycles. The summed E-state index contributed by atoms with van der Waals surface area (Å²) in [7, 11) is 0. The summed E-state index contributed by atoms with van der Waals surface area (Å²) in [6.07, 6.45) is 2.70. The molecule has 0 radical (unpaired) electrons. The number of amides is 1. The molecule has 156 valence electrons. The van der Waals surface area contributed by atoms with Crippen molar-refractivity contribution in [1.29, 1.82) is 0 Å². The second-order valence-electron chi connectivity index (χ2n) is 7.99. The number of nitrogens with zero attached hydrogens (tertiary/aromatic N) is 4. The summed E-state index contributed by atoms with van der Waals surface area (Å²) in [5.74, 6) is 1.67. The molecule has 6 heteroatoms. The van der Waals surface area contributed by atoms with E-state index < -0.39 is 0 Å². The Labute approximate surface area is 182 Å². The summed E-state index contributed by atoms with van der Waals surface area (Å²) in [4.78, 5) is 26.5. The van der Waals surface area contributed by atoms with Gasteiger partial charge in [0.05, 0.1) is 10.5 Å². The van der Waals surface area contributed by atoms with E-state index in [4.69, 9.17) is 21.6 Å². The Hall–Kier alpha value is -2.66. The lowest BCUT2D eigenvalue weighted by molar-refractivity contribution is -0.129. The molecule has 0 spiro atoms. The number of rotatable bonds is 6. The van der Waals surface area contributed by atoms with E-state index in [-0.39, 0.29) is 11.9 Å². The Morgan fingerprint density at radius 3 is 2.50 bits per heavy atom. The lowest BCUT2D eigenvalue weighted by Crippen LogP contribution is -2.37. The molecule has 1 amide bonds. The van der Waals surface area contributed by atoms with Crippen molar-refractivity contribution in [3.63, 3.8) is 0 Å². The van der Waals surface area contributed by atoms with Gasteiger partial charge in [0.2, 0.25) is 5.91 Å². The van der Waals surface area contributed by atoms with Gasteiger partial charge in [-0.05, 0) is 51.0 Å². The molecule has 1 fully saturated rings. The molecule has 4 rings (SSSR count). The van der Waals surface area contributed by atoms with Crippen LogP contribution in [0.1, 0.15) is 33.1 Å². The number of fused-ring (bicyclic) bond motifs is 1. The minimum absolute atomic E-state index is 0.189. The maximum Gasteiger partial charge on any atom is 0.224 e. The quantitative estimate of drug-likeness (QED) is 0.549. The van der Waals surface area contributed by atoms with E-state index in [0.29, 0.717) is 23.8 Å². The molecule has 3 aromatic rings. The van der Waals surface area contributed by atoms with E-state index >= 15 is 0 Å². The molecule has 5 nitrogen and oxygen atoms in total. The van der Waals surface area contributed by atoms with Crippen LogP contribution < -0.4 is 4.90 Å². The summed E-state index contributed by atoms with van der Waals surface area (Å²) in [6.45, 7) is 6.65. The average Bonchev–Trinajstić information content (AvgIpc) is 3.28. The molecule has 0 aliphatic carbocycles. The Bertz CT molecular complexity index is 1050. The first-order chi connectivity index (χ1) is 14.5. The van der Waals surface area contributed by atoms with Gasteiger partial charge < -0.3 is 9.80 Å². The zero-order valence-corrected chi connectivity index (χ0v) is 18.3. The fourth-order valence-corrected chi connectivity index (χ4v) is 4.21. The van der Waals surface area contributed by atoms with Gasteiger partial charge in [-0.2, -0.15) is 0 Å². The highest BCUT2D eigenvalue weighted by Crippen LogP contribution is 2.31. The SMILES string of the molecule is CC(C)N(CCC(=O)N1CCCC1)c1nc(-c2ccccc2Cl)nc2ccccc12. The van der Waals surface area contributed by atoms with Crippen LogP contribution in [0.5, 0.6) is 0 Å². The second-order valence-corrected chi connectivity index (χ2v) is 8.40. The summed E-state index contributed by atoms with van der Waals surface area (Å²) in [5.41, 5.74) is 1.68. The molecule has 1 aliphatic heterocycles. The van der Waals surface area contributed by atoms with Crippen LogP contribution in [0.4, 0.5) is 5.82 Å². The third-order valence-electron chi connectivity index (χ3n) is 5.62. The summed E-state index contributed by atoms with van der Waals surface area (Å²) < 4.78 is 0. The van der Waals surface area contributed by atoms with Crippen molar-refractivity contribution in [2.24, 2.45) is 0 Å². The zero-order valence-electron chi connectivity index (χ0n) is 17.5. The van der Waals surface area contributed by atoms with E-state index in [1.807, 2.05) is 53.4 Å². The van der Waals surface area contributed by atoms with Gasteiger partial charge in [-0.3, -0.25) is 4.79 Å². The van der Waals surface area contributed by atoms with Crippen molar-refractivity contribution >= 4 is 34.2 Å². The monoisotopic (exact) mass is 422 g/mol. The smallest absolute Gasteiger partial charge is 0.224 e. The number of hydrogen-bond acceptors (Lipinski definition) is 4. The minimum Gasteiger partial charge on any atom is -0.353 e. The normalized spacial score (nSPS) is 13.9. The number of likely N-dealkylation sites (tertiary alicyclic amines) is 1. The van der Waals surface area contributed by atoms with E-state index in [9.17, 15) is 4.79 Å². The van der Waals surface area contributed by atoms with Gasteiger partial charge >= 0.3 is 0 Å². The van der Waals surface area contributed by atoms with Gasteiger partial charge in [-0.15, -0.1) is 0 Å². The van der Waals surface area contributed by atoms with Crippen molar-refractivity contribution < 1.29 is 4.79 Å². The lowest BCUT2D eigenvalue weighted by atomic mass is 10.1. The van der Waals surface area contributed by atoms with Crippen molar-refractivity contribution in [2.45, 2.75) is 39.2 Å². The predicted octanol–water partition coefficient (Wildman–Crippen LogP) is 5.18. The van der Waals surface area contributed by atoms with Crippen molar-refractivity contribution in [1.82, 2.24) is 14.9 Å². The maximum atomic E-state index is 12.6. The standard InChI is InChI=1S/C24H27ClN4O/c1-17(2)29(16-13-22(30)28-14-7-8-15-28)24-19-10-4-6-12-21(19)26-23(27-24)18-9-3-5-11-20(18)25/h3-6,9-12,17H,7-8,13-16H2,1-2H3. The highest BCUT2D eigenvalue weighted by Gasteiger charge is 2.22. The fourth-order valence-electron chi connectivity index (χ4n) is 3.99. The zero-order chi connectivity index (χ0) is 21.1. The van der Waals surface area contributed by atoms with Crippen molar-refractivity contribution in [3.8, 4) is 11.4 Å². The molecule has 2 aromatic carbocycles. The Morgan fingerprint density at radius 1 is 1.07 bits per heavy atom. The Morgan fingerprint density at radius 2 is 1.77 bits per heavy atom. The van der Waals surface area contributed by atoms with E-state index in [2.05, 4.69) is 18.7 Å². The van der Waals surface area contributed by atoms with Crippen LogP contribution in [0.25, 0.3) is 22.3 Å². The number of anilines is 1. The van der Waals surface area contributed by atoms with Gasteiger partial charge in [0.1, 0.15) is 5.82 Å². The van der Waals surface area contributed by atoms with Gasteiger partial charge in [-0.25, -0.2) is 9.97 Å². The first kappa shape index (κ1) is 20.6. The van der Waals surface area contributed by atoms with Gasteiger partial charge in [0.15, 0.2) is 5.82 Å². The van der Waals surface area contributed by atoms with Crippen LogP contribution >= 0.6 is 11.6 Å². The maximum absolute atomic E-state index is 12.6. The largest absolute Gasteiger partial charge is 0.353 e. The summed E-state index contributed by atoms with van der Waals surface area (Å²) >= 11 is 6.44. The fraction of sp³-hybridized carbons (Fsp3) is 0.375. The number of benzene rings is 2. The predicted molar refractivity (Wildman–Crippen MR) is 123 cm³/mol. The topological polar surface area (TPSA) is 49.3 Å². The van der Waals surface area contributed by atoms with Crippen LogP contribution in [-0.2, 0) is 4.79 Å². The number of carbonyl (C=O) groups is 1. The van der Waals surface area contributed by atoms with Crippen LogP contribution in [0, 0.1) is 0 Å². The molecule has 1 aliphatic rings. The van der Waals surface area contributed by atoms with E-state index in [0.717, 1.165) is 48.2 Å². The molecule has 0 unspecified atom stereocenters. The van der Waals surface area contributed by atoms with Gasteiger partial charge in [0, 0.05) is 43.0 Å². The van der Waals surface area contributed by atoms with Crippen molar-refractivity contribution in [2.75, 3.05) is 24.5 Å². The number of halogens is 1. The van der Waals surface area contributed by atoms with E-state index in [1.54, 1.807) is 0 Å². The first-order valence-electron chi connectivity index (χ1n) is 10.6. The molecule has 0 atom stereocenters. The van der Waals surface area contributed by atoms with Crippen LogP contribution in [-0.4, -0.2) is 46.5 Å². The molecule has 30 heavy (non-hydrogen) atoms. The van der Waals surface area contributed by atoms with Crippen LogP contribution in [0.3, 0.4) is 0 Å². The highest BCUT2D eigenvalue weighted by atomic mass is 35.5. The van der Waals surface area contributed by atoms with Crippen LogP contribution in [0.2, 0.25) is 5.02 Å². The highest BCUT2D eigenvalue weighted by molar-refractivity contribution is 6.33. The molecule has 1 aromatic heterocycles. The Balaban J connectivity index is 1.72. The first-order valence-corrected chi connectivity index (χ1v) is 11.0. The lowest BCUT2D eigenvalue weighted by Gasteiger charge is -2.30. The summed E-state index contributed by atoms with van der Waals surface area (Å²) in [5, 5.41) is 1.61. The third kappa shape index (κ3) is 4.26. The van der Waals surface area contributed by atoms with Gasteiger partial charge in [0.25, 0.3) is 0 Å². The molecule has 0 bridgehead atoms. The molecule has 0 N–H and O–H groups in total. The van der Waals surface area contributed by atoms with Crippen molar-refractivity contribution in [3.05, 3.63) is 53.6 Å². The molecular formula is C24H27ClN4O. The molecule has 1 saturated heterocycles. The summed E-state index contributed by atoms with van der Waals surface area (Å²) in [6, 6.07) is 15.8. The number of aromatic nitrogens is 2. The molecule has 2 heterocycles. The average molecular weight is 423 g/mol. The number of para-hydroxylation sites is 1.